The molecule has 5 heteroatoms. The quantitative estimate of drug-likeness (QED) is 0.675. The Hall–Kier alpha value is -3.08. The molecule has 2 heterocycles. The molecule has 1 N–H and O–H groups in total. The molecule has 1 atom stereocenters. The predicted octanol–water partition coefficient (Wildman–Crippen LogP) is 4.56. The number of benzene rings is 2. The van der Waals surface area contributed by atoms with Crippen LogP contribution in [0.25, 0.3) is 11.1 Å². The summed E-state index contributed by atoms with van der Waals surface area (Å²) < 4.78 is 5.32. The highest BCUT2D eigenvalue weighted by Crippen LogP contribution is 2.46. The van der Waals surface area contributed by atoms with Gasteiger partial charge >= 0.3 is 0 Å². The smallest absolute Gasteiger partial charge is 0.230 e. The Morgan fingerprint density at radius 1 is 1.17 bits per heavy atom. The number of hydrogen-bond donors (Lipinski definition) is 1. The van der Waals surface area contributed by atoms with Crippen LogP contribution in [0.4, 0.5) is 5.69 Å². The molecule has 5 nitrogen and oxygen atoms in total. The predicted molar refractivity (Wildman–Crippen MR) is 113 cm³/mol. The Morgan fingerprint density at radius 3 is 2.83 bits per heavy atom. The number of nitrogens with zero attached hydrogens (tertiary/aromatic N) is 2. The molecule has 5 rings (SSSR count). The van der Waals surface area contributed by atoms with E-state index >= 15 is 0 Å². The van der Waals surface area contributed by atoms with Crippen LogP contribution in [0.5, 0.6) is 5.75 Å². The molecule has 1 saturated heterocycles. The van der Waals surface area contributed by atoms with E-state index in [0.29, 0.717) is 5.92 Å². The Morgan fingerprint density at radius 2 is 2.07 bits per heavy atom. The lowest BCUT2D eigenvalue weighted by atomic mass is 9.97. The second-order valence-corrected chi connectivity index (χ2v) is 8.06. The molecule has 29 heavy (non-hydrogen) atoms. The highest BCUT2D eigenvalue weighted by Gasteiger charge is 2.34. The van der Waals surface area contributed by atoms with E-state index < -0.39 is 0 Å². The lowest BCUT2D eigenvalue weighted by molar-refractivity contribution is -0.120. The van der Waals surface area contributed by atoms with Crippen LogP contribution >= 0.6 is 0 Å². The monoisotopic (exact) mass is 387 g/mol. The number of ether oxygens (including phenoxy) is 1. The SMILES string of the molecule is COc1cccc(CC2CCN(c3ccc(-c4cn[nH]c4)c(C4CC4)c3)C2=O)c1. The second kappa shape index (κ2) is 7.39. The first-order chi connectivity index (χ1) is 14.2. The van der Waals surface area contributed by atoms with Gasteiger partial charge in [0.05, 0.1) is 13.3 Å². The van der Waals surface area contributed by atoms with Gasteiger partial charge < -0.3 is 9.64 Å². The van der Waals surface area contributed by atoms with Gasteiger partial charge in [-0.05, 0) is 72.6 Å². The molecule has 0 spiro atoms. The Balaban J connectivity index is 1.37. The van der Waals surface area contributed by atoms with E-state index in [-0.39, 0.29) is 11.8 Å². The summed E-state index contributed by atoms with van der Waals surface area (Å²) in [5.74, 6) is 1.70. The van der Waals surface area contributed by atoms with Crippen LogP contribution in [-0.4, -0.2) is 29.8 Å². The first kappa shape index (κ1) is 18.0. The molecule has 1 saturated carbocycles. The third-order valence-electron chi connectivity index (χ3n) is 6.11. The average molecular weight is 387 g/mol. The Kier molecular flexibility index (Phi) is 4.58. The average Bonchev–Trinajstić information content (AvgIpc) is 3.34. The molecule has 0 bridgehead atoms. The standard InChI is InChI=1S/C24H25N3O2/c1-29-21-4-2-3-16(12-21)11-18-9-10-27(24(18)28)20-7-8-22(19-14-25-26-15-19)23(13-20)17-5-6-17/h2-4,7-8,12-15,17-18H,5-6,9-11H2,1H3,(H,25,26). The molecule has 2 fully saturated rings. The lowest BCUT2D eigenvalue weighted by Crippen LogP contribution is -2.27. The zero-order valence-corrected chi connectivity index (χ0v) is 16.6. The molecule has 3 aromatic rings. The lowest BCUT2D eigenvalue weighted by Gasteiger charge is -2.19. The molecule has 2 aliphatic rings. The minimum absolute atomic E-state index is 0.0278. The van der Waals surface area contributed by atoms with Crippen molar-refractivity contribution >= 4 is 11.6 Å². The van der Waals surface area contributed by atoms with Crippen molar-refractivity contribution in [2.75, 3.05) is 18.6 Å². The molecule has 1 aromatic heterocycles. The molecular weight excluding hydrogens is 362 g/mol. The minimum atomic E-state index is 0.0278. The first-order valence-electron chi connectivity index (χ1n) is 10.3. The Labute approximate surface area is 170 Å². The van der Waals surface area contributed by atoms with Crippen LogP contribution in [-0.2, 0) is 11.2 Å². The van der Waals surface area contributed by atoms with Crippen molar-refractivity contribution < 1.29 is 9.53 Å². The van der Waals surface area contributed by atoms with E-state index in [2.05, 4.69) is 34.5 Å². The van der Waals surface area contributed by atoms with Gasteiger partial charge in [-0.1, -0.05) is 18.2 Å². The van der Waals surface area contributed by atoms with Gasteiger partial charge in [0.2, 0.25) is 5.91 Å². The summed E-state index contributed by atoms with van der Waals surface area (Å²) >= 11 is 0. The first-order valence-corrected chi connectivity index (χ1v) is 10.3. The number of aromatic nitrogens is 2. The largest absolute Gasteiger partial charge is 0.497 e. The van der Waals surface area contributed by atoms with E-state index in [4.69, 9.17) is 4.74 Å². The number of carbonyl (C=O) groups is 1. The number of carbonyl (C=O) groups excluding carboxylic acids is 1. The van der Waals surface area contributed by atoms with Gasteiger partial charge in [-0.3, -0.25) is 9.89 Å². The maximum Gasteiger partial charge on any atom is 0.230 e. The normalized spacial score (nSPS) is 19.0. The van der Waals surface area contributed by atoms with Gasteiger partial charge in [0.25, 0.3) is 0 Å². The summed E-state index contributed by atoms with van der Waals surface area (Å²) in [7, 11) is 1.67. The number of aromatic amines is 1. The summed E-state index contributed by atoms with van der Waals surface area (Å²) in [6, 6.07) is 14.5. The third kappa shape index (κ3) is 3.53. The number of nitrogens with one attached hydrogen (secondary N) is 1. The van der Waals surface area contributed by atoms with E-state index in [1.165, 1.54) is 24.0 Å². The molecule has 148 valence electrons. The topological polar surface area (TPSA) is 58.2 Å². The van der Waals surface area contributed by atoms with E-state index in [1.807, 2.05) is 35.5 Å². The fraction of sp³-hybridized carbons (Fsp3) is 0.333. The fourth-order valence-corrected chi connectivity index (χ4v) is 4.38. The van der Waals surface area contributed by atoms with Crippen LogP contribution in [0.2, 0.25) is 0 Å². The van der Waals surface area contributed by atoms with Gasteiger partial charge in [0, 0.05) is 29.9 Å². The summed E-state index contributed by atoms with van der Waals surface area (Å²) in [6.45, 7) is 0.780. The van der Waals surface area contributed by atoms with Gasteiger partial charge in [0.15, 0.2) is 0 Å². The highest BCUT2D eigenvalue weighted by atomic mass is 16.5. The van der Waals surface area contributed by atoms with Crippen molar-refractivity contribution in [3.8, 4) is 16.9 Å². The van der Waals surface area contributed by atoms with Gasteiger partial charge in [0.1, 0.15) is 5.75 Å². The van der Waals surface area contributed by atoms with Crippen LogP contribution in [0.3, 0.4) is 0 Å². The zero-order chi connectivity index (χ0) is 19.8. The van der Waals surface area contributed by atoms with Crippen molar-refractivity contribution in [1.29, 1.82) is 0 Å². The van der Waals surface area contributed by atoms with Crippen molar-refractivity contribution in [3.63, 3.8) is 0 Å². The number of methoxy groups -OCH3 is 1. The van der Waals surface area contributed by atoms with Crippen LogP contribution in [0.15, 0.2) is 54.9 Å². The van der Waals surface area contributed by atoms with E-state index in [9.17, 15) is 4.79 Å². The third-order valence-corrected chi connectivity index (χ3v) is 6.11. The zero-order valence-electron chi connectivity index (χ0n) is 16.6. The summed E-state index contributed by atoms with van der Waals surface area (Å²) in [6.07, 6.45) is 7.90. The van der Waals surface area contributed by atoms with Gasteiger partial charge in [-0.15, -0.1) is 0 Å². The summed E-state index contributed by atoms with van der Waals surface area (Å²) in [5, 5.41) is 7.00. The molecular formula is C24H25N3O2. The maximum absolute atomic E-state index is 13.2. The number of amides is 1. The van der Waals surface area contributed by atoms with Gasteiger partial charge in [-0.2, -0.15) is 5.10 Å². The Bertz CT molecular complexity index is 1020. The molecule has 1 unspecified atom stereocenters. The van der Waals surface area contributed by atoms with Crippen molar-refractivity contribution in [2.45, 2.75) is 31.6 Å². The van der Waals surface area contributed by atoms with Crippen LogP contribution < -0.4 is 9.64 Å². The van der Waals surface area contributed by atoms with E-state index in [1.54, 1.807) is 7.11 Å². The molecule has 1 amide bonds. The minimum Gasteiger partial charge on any atom is -0.497 e. The van der Waals surface area contributed by atoms with E-state index in [0.717, 1.165) is 42.0 Å². The number of H-pyrrole nitrogens is 1. The maximum atomic E-state index is 13.2. The van der Waals surface area contributed by atoms with Crippen LogP contribution in [0.1, 0.15) is 36.3 Å². The second-order valence-electron chi connectivity index (χ2n) is 8.06. The number of anilines is 1. The van der Waals surface area contributed by atoms with Gasteiger partial charge in [-0.25, -0.2) is 0 Å². The fourth-order valence-electron chi connectivity index (χ4n) is 4.38. The number of hydrogen-bond acceptors (Lipinski definition) is 3. The van der Waals surface area contributed by atoms with Crippen molar-refractivity contribution in [1.82, 2.24) is 10.2 Å². The summed E-state index contributed by atoms with van der Waals surface area (Å²) in [5.41, 5.74) is 5.86. The molecule has 0 radical (unpaired) electrons. The molecule has 2 aromatic carbocycles. The van der Waals surface area contributed by atoms with Crippen molar-refractivity contribution in [2.24, 2.45) is 5.92 Å². The summed E-state index contributed by atoms with van der Waals surface area (Å²) in [4.78, 5) is 15.1. The number of rotatable bonds is 6. The molecule has 1 aliphatic carbocycles. The highest BCUT2D eigenvalue weighted by molar-refractivity contribution is 5.97. The molecule has 1 aliphatic heterocycles. The van der Waals surface area contributed by atoms with Crippen molar-refractivity contribution in [3.05, 3.63) is 66.0 Å². The van der Waals surface area contributed by atoms with Crippen LogP contribution in [0, 0.1) is 5.92 Å².